The number of carbonyl (C=O) groups is 1. The third-order valence-corrected chi connectivity index (χ3v) is 4.12. The molecule has 3 N–H and O–H groups in total. The standard InChI is InChI=1S/C19H17F5N4O3/c1-30-6-2-4-26-18(29)28-10-7-12(20)16(13(21)8-10)31-14-3-5-25-17-15(14)11(9-27-17)19(22,23)24/h3,5,7-9H,2,4,6H2,1H3,(H,25,27)(H2,26,28,29). The molecule has 3 rings (SSSR count). The summed E-state index contributed by atoms with van der Waals surface area (Å²) in [4.78, 5) is 17.9. The van der Waals surface area contributed by atoms with E-state index in [9.17, 15) is 26.7 Å². The Bertz CT molecular complexity index is 1060. The van der Waals surface area contributed by atoms with Crippen LogP contribution in [0.25, 0.3) is 11.0 Å². The molecular weight excluding hydrogens is 427 g/mol. The van der Waals surface area contributed by atoms with Gasteiger partial charge >= 0.3 is 12.2 Å². The molecule has 0 saturated heterocycles. The van der Waals surface area contributed by atoms with Gasteiger partial charge in [-0.2, -0.15) is 13.2 Å². The maximum Gasteiger partial charge on any atom is 0.418 e. The molecule has 0 radical (unpaired) electrons. The van der Waals surface area contributed by atoms with E-state index < -0.39 is 46.3 Å². The highest BCUT2D eigenvalue weighted by Crippen LogP contribution is 2.40. The van der Waals surface area contributed by atoms with Crippen LogP contribution in [0.3, 0.4) is 0 Å². The van der Waals surface area contributed by atoms with Crippen molar-refractivity contribution >= 4 is 22.8 Å². The molecule has 0 atom stereocenters. The first kappa shape index (κ1) is 22.3. The van der Waals surface area contributed by atoms with Crippen LogP contribution < -0.4 is 15.4 Å². The molecule has 166 valence electrons. The molecule has 0 spiro atoms. The highest BCUT2D eigenvalue weighted by molar-refractivity contribution is 5.89. The van der Waals surface area contributed by atoms with E-state index in [0.29, 0.717) is 19.2 Å². The Morgan fingerprint density at radius 3 is 2.58 bits per heavy atom. The second-order valence-electron chi connectivity index (χ2n) is 6.33. The molecule has 1 aromatic carbocycles. The van der Waals surface area contributed by atoms with E-state index >= 15 is 0 Å². The number of hydrogen-bond acceptors (Lipinski definition) is 4. The van der Waals surface area contributed by atoms with Crippen LogP contribution in [0.2, 0.25) is 0 Å². The number of alkyl halides is 3. The summed E-state index contributed by atoms with van der Waals surface area (Å²) in [5.41, 5.74) is -1.45. The molecule has 0 aliphatic heterocycles. The molecule has 0 fully saturated rings. The summed E-state index contributed by atoms with van der Waals surface area (Å²) in [6, 6.07) is 1.94. The van der Waals surface area contributed by atoms with Gasteiger partial charge in [-0.3, -0.25) is 0 Å². The summed E-state index contributed by atoms with van der Waals surface area (Å²) in [5, 5.41) is 4.26. The quantitative estimate of drug-likeness (QED) is 0.361. The Morgan fingerprint density at radius 1 is 1.23 bits per heavy atom. The molecule has 2 aromatic heterocycles. The highest BCUT2D eigenvalue weighted by Gasteiger charge is 2.35. The number of benzene rings is 1. The number of anilines is 1. The van der Waals surface area contributed by atoms with Crippen LogP contribution >= 0.6 is 0 Å². The largest absolute Gasteiger partial charge is 0.450 e. The highest BCUT2D eigenvalue weighted by atomic mass is 19.4. The lowest BCUT2D eigenvalue weighted by Crippen LogP contribution is -2.30. The van der Waals surface area contributed by atoms with E-state index in [1.807, 2.05) is 0 Å². The Hall–Kier alpha value is -3.41. The van der Waals surface area contributed by atoms with Gasteiger partial charge in [-0.15, -0.1) is 0 Å². The second-order valence-corrected chi connectivity index (χ2v) is 6.33. The molecular formula is C19H17F5N4O3. The summed E-state index contributed by atoms with van der Waals surface area (Å²) in [6.45, 7) is 0.705. The number of hydrogen-bond donors (Lipinski definition) is 3. The van der Waals surface area contributed by atoms with E-state index in [2.05, 4.69) is 20.6 Å². The number of methoxy groups -OCH3 is 1. The van der Waals surface area contributed by atoms with Gasteiger partial charge in [0.15, 0.2) is 17.4 Å². The molecule has 7 nitrogen and oxygen atoms in total. The molecule has 0 saturated carbocycles. The van der Waals surface area contributed by atoms with Crippen molar-refractivity contribution < 1.29 is 36.2 Å². The van der Waals surface area contributed by atoms with E-state index in [-0.39, 0.29) is 17.9 Å². The van der Waals surface area contributed by atoms with Crippen LogP contribution in [0.1, 0.15) is 12.0 Å². The van der Waals surface area contributed by atoms with Crippen LogP contribution in [0, 0.1) is 11.6 Å². The average Bonchev–Trinajstić information content (AvgIpc) is 3.13. The number of nitrogens with one attached hydrogen (secondary N) is 3. The summed E-state index contributed by atoms with van der Waals surface area (Å²) in [5.74, 6) is -3.80. The maximum absolute atomic E-state index is 14.5. The molecule has 0 aliphatic carbocycles. The number of carbonyl (C=O) groups excluding carboxylic acids is 1. The van der Waals surface area contributed by atoms with Gasteiger partial charge in [0.1, 0.15) is 11.4 Å². The zero-order valence-electron chi connectivity index (χ0n) is 16.1. The average molecular weight is 444 g/mol. The Balaban J connectivity index is 1.82. The van der Waals surface area contributed by atoms with Gasteiger partial charge in [0.05, 0.1) is 10.9 Å². The number of halogens is 5. The summed E-state index contributed by atoms with van der Waals surface area (Å²) >= 11 is 0. The predicted octanol–water partition coefficient (Wildman–Crippen LogP) is 4.81. The number of pyridine rings is 1. The zero-order valence-corrected chi connectivity index (χ0v) is 16.1. The lowest BCUT2D eigenvalue weighted by Gasteiger charge is -2.13. The fourth-order valence-corrected chi connectivity index (χ4v) is 2.77. The first-order valence-corrected chi connectivity index (χ1v) is 8.94. The third kappa shape index (κ3) is 5.20. The Kier molecular flexibility index (Phi) is 6.59. The number of amides is 2. The fourth-order valence-electron chi connectivity index (χ4n) is 2.77. The number of aromatic nitrogens is 2. The summed E-state index contributed by atoms with van der Waals surface area (Å²) < 4.78 is 78.6. The van der Waals surface area contributed by atoms with E-state index in [0.717, 1.165) is 24.4 Å². The van der Waals surface area contributed by atoms with Gasteiger partial charge in [-0.05, 0) is 12.5 Å². The van der Waals surface area contributed by atoms with Gasteiger partial charge in [-0.25, -0.2) is 18.6 Å². The number of rotatable bonds is 7. The van der Waals surface area contributed by atoms with Crippen molar-refractivity contribution in [3.63, 3.8) is 0 Å². The van der Waals surface area contributed by atoms with E-state index in [4.69, 9.17) is 9.47 Å². The first-order valence-electron chi connectivity index (χ1n) is 8.94. The maximum atomic E-state index is 14.5. The van der Waals surface area contributed by atoms with Gasteiger partial charge < -0.3 is 25.1 Å². The van der Waals surface area contributed by atoms with Crippen LogP contribution in [0.5, 0.6) is 11.5 Å². The lowest BCUT2D eigenvalue weighted by molar-refractivity contribution is -0.136. The molecule has 2 heterocycles. The van der Waals surface area contributed by atoms with Gasteiger partial charge in [0.25, 0.3) is 0 Å². The van der Waals surface area contributed by atoms with Crippen molar-refractivity contribution in [2.45, 2.75) is 12.6 Å². The number of fused-ring (bicyclic) bond motifs is 1. The van der Waals surface area contributed by atoms with Crippen molar-refractivity contribution in [1.29, 1.82) is 0 Å². The van der Waals surface area contributed by atoms with Crippen LogP contribution in [-0.2, 0) is 10.9 Å². The normalized spacial score (nSPS) is 11.5. The minimum atomic E-state index is -4.74. The van der Waals surface area contributed by atoms with Crippen molar-refractivity contribution in [3.8, 4) is 11.5 Å². The topological polar surface area (TPSA) is 88.3 Å². The number of urea groups is 1. The van der Waals surface area contributed by atoms with Crippen molar-refractivity contribution in [1.82, 2.24) is 15.3 Å². The monoisotopic (exact) mass is 444 g/mol. The van der Waals surface area contributed by atoms with E-state index in [1.165, 1.54) is 7.11 Å². The van der Waals surface area contributed by atoms with Gasteiger partial charge in [0.2, 0.25) is 0 Å². The SMILES string of the molecule is COCCCNC(=O)Nc1cc(F)c(Oc2ccnc3[nH]cc(C(F)(F)F)c23)c(F)c1. The lowest BCUT2D eigenvalue weighted by atomic mass is 10.2. The number of nitrogens with zero attached hydrogens (tertiary/aromatic N) is 1. The number of H-pyrrole nitrogens is 1. The molecule has 0 bridgehead atoms. The van der Waals surface area contributed by atoms with Gasteiger partial charge in [0, 0.05) is 50.5 Å². The minimum Gasteiger partial charge on any atom is -0.450 e. The molecule has 0 unspecified atom stereocenters. The summed E-state index contributed by atoms with van der Waals surface area (Å²) in [7, 11) is 1.51. The third-order valence-electron chi connectivity index (χ3n) is 4.12. The Labute approximate surface area is 172 Å². The number of ether oxygens (including phenoxy) is 2. The first-order chi connectivity index (χ1) is 14.7. The summed E-state index contributed by atoms with van der Waals surface area (Å²) in [6.07, 6.45) is -2.37. The van der Waals surface area contributed by atoms with Crippen molar-refractivity contribution in [3.05, 3.63) is 47.8 Å². The molecule has 3 aromatic rings. The van der Waals surface area contributed by atoms with Gasteiger partial charge in [-0.1, -0.05) is 0 Å². The van der Waals surface area contributed by atoms with Crippen LogP contribution in [0.15, 0.2) is 30.6 Å². The molecule has 0 aliphatic rings. The smallest absolute Gasteiger partial charge is 0.418 e. The zero-order chi connectivity index (χ0) is 22.6. The molecule has 12 heteroatoms. The second kappa shape index (κ2) is 9.16. The van der Waals surface area contributed by atoms with Crippen LogP contribution in [-0.4, -0.2) is 36.3 Å². The number of aromatic amines is 1. The fraction of sp³-hybridized carbons (Fsp3) is 0.263. The van der Waals surface area contributed by atoms with E-state index in [1.54, 1.807) is 0 Å². The predicted molar refractivity (Wildman–Crippen MR) is 101 cm³/mol. The van der Waals surface area contributed by atoms with Crippen molar-refractivity contribution in [2.24, 2.45) is 0 Å². The van der Waals surface area contributed by atoms with Crippen molar-refractivity contribution in [2.75, 3.05) is 25.6 Å². The Morgan fingerprint density at radius 2 is 1.94 bits per heavy atom. The minimum absolute atomic E-state index is 0.158. The molecule has 2 amide bonds. The molecule has 31 heavy (non-hydrogen) atoms. The van der Waals surface area contributed by atoms with Crippen LogP contribution in [0.4, 0.5) is 32.4 Å².